The molecule has 5 heteroatoms. The number of aromatic nitrogens is 1. The zero-order valence-corrected chi connectivity index (χ0v) is 10.4. The minimum atomic E-state index is -0.398. The van der Waals surface area contributed by atoms with E-state index in [1.165, 1.54) is 0 Å². The quantitative estimate of drug-likeness (QED) is 0.875. The molecule has 0 aliphatic carbocycles. The van der Waals surface area contributed by atoms with Gasteiger partial charge in [-0.15, -0.1) is 11.3 Å². The third kappa shape index (κ3) is 1.98. The molecule has 0 bridgehead atoms. The fourth-order valence-electron chi connectivity index (χ4n) is 1.40. The van der Waals surface area contributed by atoms with Crippen molar-refractivity contribution in [3.8, 4) is 10.6 Å². The van der Waals surface area contributed by atoms with Crippen LogP contribution in [-0.4, -0.2) is 10.9 Å². The van der Waals surface area contributed by atoms with Gasteiger partial charge in [0.1, 0.15) is 0 Å². The summed E-state index contributed by atoms with van der Waals surface area (Å²) in [5, 5.41) is 2.00. The van der Waals surface area contributed by atoms with Gasteiger partial charge in [0.15, 0.2) is 0 Å². The van der Waals surface area contributed by atoms with Crippen molar-refractivity contribution in [1.29, 1.82) is 0 Å². The number of aromatic amines is 1. The standard InChI is InChI=1S/C10H9BrN2OS/c1-5-7(10(12)14)3-8(13-5)9-2-6(11)4-15-9/h2-4,13H,1H3,(H2,12,14). The van der Waals surface area contributed by atoms with Crippen LogP contribution in [0.1, 0.15) is 16.1 Å². The highest BCUT2D eigenvalue weighted by molar-refractivity contribution is 9.10. The molecule has 0 saturated heterocycles. The van der Waals surface area contributed by atoms with Crippen LogP contribution >= 0.6 is 27.3 Å². The van der Waals surface area contributed by atoms with Crippen molar-refractivity contribution in [3.63, 3.8) is 0 Å². The van der Waals surface area contributed by atoms with Crippen molar-refractivity contribution in [3.05, 3.63) is 33.2 Å². The summed E-state index contributed by atoms with van der Waals surface area (Å²) in [6, 6.07) is 3.79. The molecular weight excluding hydrogens is 276 g/mol. The number of aryl methyl sites for hydroxylation is 1. The van der Waals surface area contributed by atoms with Crippen LogP contribution in [0.5, 0.6) is 0 Å². The first-order valence-electron chi connectivity index (χ1n) is 4.31. The summed E-state index contributed by atoms with van der Waals surface area (Å²) < 4.78 is 1.04. The molecule has 2 aromatic rings. The molecule has 15 heavy (non-hydrogen) atoms. The van der Waals surface area contributed by atoms with Crippen LogP contribution in [0, 0.1) is 6.92 Å². The summed E-state index contributed by atoms with van der Waals surface area (Å²) in [4.78, 5) is 15.3. The number of carbonyl (C=O) groups excluding carboxylic acids is 1. The molecular formula is C10H9BrN2OS. The van der Waals surface area contributed by atoms with Crippen LogP contribution in [0.15, 0.2) is 22.0 Å². The molecule has 0 unspecified atom stereocenters. The molecule has 0 atom stereocenters. The van der Waals surface area contributed by atoms with Gasteiger partial charge in [0, 0.05) is 15.5 Å². The molecule has 0 radical (unpaired) electrons. The maximum Gasteiger partial charge on any atom is 0.250 e. The lowest BCUT2D eigenvalue weighted by atomic mass is 10.2. The van der Waals surface area contributed by atoms with Gasteiger partial charge >= 0.3 is 0 Å². The maximum atomic E-state index is 11.1. The van der Waals surface area contributed by atoms with Crippen LogP contribution in [0.2, 0.25) is 0 Å². The molecule has 0 aliphatic heterocycles. The number of primary amides is 1. The monoisotopic (exact) mass is 284 g/mol. The second-order valence-electron chi connectivity index (χ2n) is 3.22. The van der Waals surface area contributed by atoms with Gasteiger partial charge in [-0.3, -0.25) is 4.79 Å². The van der Waals surface area contributed by atoms with Crippen molar-refractivity contribution in [1.82, 2.24) is 4.98 Å². The van der Waals surface area contributed by atoms with Crippen molar-refractivity contribution in [2.45, 2.75) is 6.92 Å². The molecule has 2 rings (SSSR count). The third-order valence-corrected chi connectivity index (χ3v) is 3.84. The van der Waals surface area contributed by atoms with E-state index in [0.717, 1.165) is 20.7 Å². The van der Waals surface area contributed by atoms with E-state index in [1.54, 1.807) is 17.4 Å². The van der Waals surface area contributed by atoms with Gasteiger partial charge in [0.25, 0.3) is 5.91 Å². The molecule has 0 aliphatic rings. The van der Waals surface area contributed by atoms with Gasteiger partial charge in [-0.2, -0.15) is 0 Å². The Morgan fingerprint density at radius 1 is 1.53 bits per heavy atom. The van der Waals surface area contributed by atoms with Gasteiger partial charge < -0.3 is 10.7 Å². The largest absolute Gasteiger partial charge is 0.366 e. The van der Waals surface area contributed by atoms with Gasteiger partial charge in [0.05, 0.1) is 16.1 Å². The number of halogens is 1. The second-order valence-corrected chi connectivity index (χ2v) is 5.04. The Kier molecular flexibility index (Phi) is 2.67. The van der Waals surface area contributed by atoms with E-state index >= 15 is 0 Å². The van der Waals surface area contributed by atoms with Crippen LogP contribution in [0.4, 0.5) is 0 Å². The van der Waals surface area contributed by atoms with Crippen LogP contribution in [0.3, 0.4) is 0 Å². The van der Waals surface area contributed by atoms with E-state index in [0.29, 0.717) is 5.56 Å². The summed E-state index contributed by atoms with van der Waals surface area (Å²) in [6.45, 7) is 1.84. The maximum absolute atomic E-state index is 11.1. The molecule has 3 nitrogen and oxygen atoms in total. The normalized spacial score (nSPS) is 10.5. The number of nitrogens with two attached hydrogens (primary N) is 1. The summed E-state index contributed by atoms with van der Waals surface area (Å²) >= 11 is 4.99. The van der Waals surface area contributed by atoms with E-state index in [1.807, 2.05) is 18.4 Å². The Morgan fingerprint density at radius 2 is 2.27 bits per heavy atom. The lowest BCUT2D eigenvalue weighted by Crippen LogP contribution is -2.10. The van der Waals surface area contributed by atoms with Crippen molar-refractivity contribution < 1.29 is 4.79 Å². The average molecular weight is 285 g/mol. The van der Waals surface area contributed by atoms with Crippen LogP contribution < -0.4 is 5.73 Å². The summed E-state index contributed by atoms with van der Waals surface area (Å²) in [5.74, 6) is -0.398. The number of hydrogen-bond acceptors (Lipinski definition) is 2. The lowest BCUT2D eigenvalue weighted by Gasteiger charge is -1.89. The Hall–Kier alpha value is -1.07. The van der Waals surface area contributed by atoms with Gasteiger partial charge in [0.2, 0.25) is 0 Å². The number of H-pyrrole nitrogens is 1. The molecule has 0 saturated carbocycles. The lowest BCUT2D eigenvalue weighted by molar-refractivity contribution is 0.1000. The van der Waals surface area contributed by atoms with Gasteiger partial charge in [-0.05, 0) is 35.0 Å². The van der Waals surface area contributed by atoms with E-state index in [9.17, 15) is 4.79 Å². The fraction of sp³-hybridized carbons (Fsp3) is 0.100. The van der Waals surface area contributed by atoms with E-state index in [-0.39, 0.29) is 0 Å². The van der Waals surface area contributed by atoms with Crippen molar-refractivity contribution in [2.24, 2.45) is 5.73 Å². The Labute approximate surface area is 99.4 Å². The molecule has 0 spiro atoms. The average Bonchev–Trinajstić information content (AvgIpc) is 2.71. The number of carbonyl (C=O) groups is 1. The molecule has 1 amide bonds. The predicted octanol–water partition coefficient (Wildman–Crippen LogP) is 2.91. The van der Waals surface area contributed by atoms with Gasteiger partial charge in [-0.1, -0.05) is 0 Å². The summed E-state index contributed by atoms with van der Waals surface area (Å²) in [7, 11) is 0. The highest BCUT2D eigenvalue weighted by Gasteiger charge is 2.11. The minimum absolute atomic E-state index is 0.398. The molecule has 2 aromatic heterocycles. The first kappa shape index (κ1) is 10.4. The number of nitrogens with one attached hydrogen (secondary N) is 1. The first-order chi connectivity index (χ1) is 7.08. The number of rotatable bonds is 2. The zero-order chi connectivity index (χ0) is 11.0. The highest BCUT2D eigenvalue weighted by atomic mass is 79.9. The smallest absolute Gasteiger partial charge is 0.250 e. The number of hydrogen-bond donors (Lipinski definition) is 2. The number of thiophene rings is 1. The highest BCUT2D eigenvalue weighted by Crippen LogP contribution is 2.30. The fourth-order valence-corrected chi connectivity index (χ4v) is 2.80. The summed E-state index contributed by atoms with van der Waals surface area (Å²) in [6.07, 6.45) is 0. The van der Waals surface area contributed by atoms with E-state index in [4.69, 9.17) is 5.73 Å². The second kappa shape index (κ2) is 3.83. The molecule has 78 valence electrons. The zero-order valence-electron chi connectivity index (χ0n) is 8.00. The molecule has 2 heterocycles. The van der Waals surface area contributed by atoms with Crippen LogP contribution in [0.25, 0.3) is 10.6 Å². The Bertz CT molecular complexity index is 515. The van der Waals surface area contributed by atoms with Gasteiger partial charge in [-0.25, -0.2) is 0 Å². The molecule has 0 fully saturated rings. The van der Waals surface area contributed by atoms with Crippen molar-refractivity contribution in [2.75, 3.05) is 0 Å². The van der Waals surface area contributed by atoms with Crippen molar-refractivity contribution >= 4 is 33.2 Å². The topological polar surface area (TPSA) is 58.9 Å². The van der Waals surface area contributed by atoms with E-state index in [2.05, 4.69) is 20.9 Å². The molecule has 3 N–H and O–H groups in total. The Balaban J connectivity index is 2.46. The summed E-state index contributed by atoms with van der Waals surface area (Å²) in [5.41, 5.74) is 7.53. The molecule has 0 aromatic carbocycles. The predicted molar refractivity (Wildman–Crippen MR) is 65.1 cm³/mol. The SMILES string of the molecule is Cc1[nH]c(-c2cc(Br)cs2)cc1C(N)=O. The number of amides is 1. The van der Waals surface area contributed by atoms with E-state index < -0.39 is 5.91 Å². The van der Waals surface area contributed by atoms with Crippen LogP contribution in [-0.2, 0) is 0 Å². The third-order valence-electron chi connectivity index (χ3n) is 2.11. The first-order valence-corrected chi connectivity index (χ1v) is 5.99. The Morgan fingerprint density at radius 3 is 2.73 bits per heavy atom. The minimum Gasteiger partial charge on any atom is -0.366 e.